The normalized spacial score (nSPS) is 13.0. The van der Waals surface area contributed by atoms with Crippen LogP contribution in [0.5, 0.6) is 0 Å². The molecule has 0 radical (unpaired) electrons. The molecule has 33 heavy (non-hydrogen) atoms. The SMILES string of the molecule is CC(O)CCC(=O)N(Cc1ccc(-c2ccccc2-c2nnn[nH]2)cc1)[C@H](C(=O)O)C(C)C. The highest BCUT2D eigenvalue weighted by molar-refractivity contribution is 5.84. The first-order valence-electron chi connectivity index (χ1n) is 10.9. The van der Waals surface area contributed by atoms with Gasteiger partial charge in [0.1, 0.15) is 6.04 Å². The predicted octanol–water partition coefficient (Wildman–Crippen LogP) is 3.13. The summed E-state index contributed by atoms with van der Waals surface area (Å²) in [6, 6.07) is 14.4. The van der Waals surface area contributed by atoms with Gasteiger partial charge in [0.2, 0.25) is 5.91 Å². The smallest absolute Gasteiger partial charge is 0.326 e. The van der Waals surface area contributed by atoms with E-state index in [-0.39, 0.29) is 31.2 Å². The van der Waals surface area contributed by atoms with E-state index in [0.29, 0.717) is 5.82 Å². The van der Waals surface area contributed by atoms with Crippen molar-refractivity contribution in [1.29, 1.82) is 0 Å². The van der Waals surface area contributed by atoms with Gasteiger partial charge in [0.25, 0.3) is 0 Å². The number of nitrogens with zero attached hydrogens (tertiary/aromatic N) is 4. The molecule has 0 aliphatic carbocycles. The Balaban J connectivity index is 1.87. The zero-order chi connectivity index (χ0) is 24.0. The molecular weight excluding hydrogens is 422 g/mol. The van der Waals surface area contributed by atoms with Crippen LogP contribution in [0.3, 0.4) is 0 Å². The summed E-state index contributed by atoms with van der Waals surface area (Å²) in [5, 5.41) is 33.4. The lowest BCUT2D eigenvalue weighted by atomic mass is 9.97. The molecule has 0 fully saturated rings. The number of hydrogen-bond donors (Lipinski definition) is 3. The van der Waals surface area contributed by atoms with E-state index in [1.54, 1.807) is 20.8 Å². The van der Waals surface area contributed by atoms with Crippen LogP contribution in [0.15, 0.2) is 48.5 Å². The predicted molar refractivity (Wildman–Crippen MR) is 123 cm³/mol. The second-order valence-corrected chi connectivity index (χ2v) is 8.43. The number of nitrogens with one attached hydrogen (secondary N) is 1. The summed E-state index contributed by atoms with van der Waals surface area (Å²) in [7, 11) is 0. The van der Waals surface area contributed by atoms with Crippen LogP contribution >= 0.6 is 0 Å². The summed E-state index contributed by atoms with van der Waals surface area (Å²) in [5.74, 6) is -1.03. The lowest BCUT2D eigenvalue weighted by molar-refractivity contribution is -0.153. The van der Waals surface area contributed by atoms with Gasteiger partial charge in [-0.05, 0) is 46.4 Å². The average Bonchev–Trinajstić information content (AvgIpc) is 3.32. The summed E-state index contributed by atoms with van der Waals surface area (Å²) in [6.07, 6.45) is -0.256. The molecule has 1 amide bonds. The molecule has 1 aromatic heterocycles. The second-order valence-electron chi connectivity index (χ2n) is 8.43. The van der Waals surface area contributed by atoms with Crippen LogP contribution < -0.4 is 0 Å². The summed E-state index contributed by atoms with van der Waals surface area (Å²) >= 11 is 0. The van der Waals surface area contributed by atoms with E-state index in [1.165, 1.54) is 4.90 Å². The van der Waals surface area contributed by atoms with Crippen LogP contribution in [0.2, 0.25) is 0 Å². The first-order chi connectivity index (χ1) is 15.8. The van der Waals surface area contributed by atoms with Gasteiger partial charge in [-0.15, -0.1) is 5.10 Å². The quantitative estimate of drug-likeness (QED) is 0.431. The van der Waals surface area contributed by atoms with Gasteiger partial charge in [-0.2, -0.15) is 0 Å². The van der Waals surface area contributed by atoms with Crippen molar-refractivity contribution >= 4 is 11.9 Å². The molecule has 9 nitrogen and oxygen atoms in total. The van der Waals surface area contributed by atoms with Gasteiger partial charge in [0.15, 0.2) is 5.82 Å². The van der Waals surface area contributed by atoms with E-state index in [4.69, 9.17) is 0 Å². The third kappa shape index (κ3) is 6.01. The van der Waals surface area contributed by atoms with Crippen LogP contribution in [0, 0.1) is 5.92 Å². The van der Waals surface area contributed by atoms with Crippen molar-refractivity contribution < 1.29 is 19.8 Å². The van der Waals surface area contributed by atoms with Gasteiger partial charge in [-0.3, -0.25) is 4.79 Å². The maximum absolute atomic E-state index is 12.9. The standard InChI is InChI=1S/C24H29N5O4/c1-15(2)22(24(32)33)29(21(31)13-8-16(3)30)14-17-9-11-18(12-10-17)19-6-4-5-7-20(19)23-25-27-28-26-23/h4-7,9-12,15-16,22,30H,8,13-14H2,1-3H3,(H,32,33)(H,25,26,27,28)/t16?,22-/m0/s1. The topological polar surface area (TPSA) is 132 Å². The molecule has 174 valence electrons. The van der Waals surface area contributed by atoms with Gasteiger partial charge in [0, 0.05) is 18.5 Å². The zero-order valence-corrected chi connectivity index (χ0v) is 19.0. The largest absolute Gasteiger partial charge is 0.480 e. The van der Waals surface area contributed by atoms with Gasteiger partial charge >= 0.3 is 5.97 Å². The van der Waals surface area contributed by atoms with E-state index in [9.17, 15) is 19.8 Å². The third-order valence-electron chi connectivity index (χ3n) is 5.46. The Morgan fingerprint density at radius 3 is 2.24 bits per heavy atom. The Morgan fingerprint density at radius 1 is 1.03 bits per heavy atom. The number of aliphatic hydroxyl groups excluding tert-OH is 1. The van der Waals surface area contributed by atoms with Crippen LogP contribution in [0.25, 0.3) is 22.5 Å². The van der Waals surface area contributed by atoms with Gasteiger partial charge in [0.05, 0.1) is 6.10 Å². The summed E-state index contributed by atoms with van der Waals surface area (Å²) in [4.78, 5) is 26.2. The highest BCUT2D eigenvalue weighted by Gasteiger charge is 2.32. The molecule has 9 heteroatoms. The van der Waals surface area contributed by atoms with Crippen molar-refractivity contribution in [3.63, 3.8) is 0 Å². The van der Waals surface area contributed by atoms with E-state index in [2.05, 4.69) is 20.6 Å². The first kappa shape index (κ1) is 24.1. The van der Waals surface area contributed by atoms with E-state index < -0.39 is 18.1 Å². The fourth-order valence-electron chi connectivity index (χ4n) is 3.80. The molecule has 2 atom stereocenters. The second kappa shape index (κ2) is 10.8. The van der Waals surface area contributed by atoms with Crippen LogP contribution in [-0.4, -0.2) is 59.8 Å². The molecule has 2 aromatic carbocycles. The minimum atomic E-state index is -1.04. The number of tetrazole rings is 1. The molecule has 0 aliphatic heterocycles. The van der Waals surface area contributed by atoms with Gasteiger partial charge in [-0.1, -0.05) is 62.4 Å². The number of rotatable bonds is 10. The number of amides is 1. The molecule has 0 spiro atoms. The number of carbonyl (C=O) groups excluding carboxylic acids is 1. The maximum atomic E-state index is 12.9. The Morgan fingerprint density at radius 2 is 1.70 bits per heavy atom. The van der Waals surface area contributed by atoms with E-state index in [1.807, 2.05) is 48.5 Å². The number of aliphatic carboxylic acids is 1. The summed E-state index contributed by atoms with van der Waals surface area (Å²) in [6.45, 7) is 5.35. The highest BCUT2D eigenvalue weighted by atomic mass is 16.4. The number of hydrogen-bond acceptors (Lipinski definition) is 6. The summed E-state index contributed by atoms with van der Waals surface area (Å²) in [5.41, 5.74) is 3.56. The molecule has 1 unspecified atom stereocenters. The first-order valence-corrected chi connectivity index (χ1v) is 10.9. The fraction of sp³-hybridized carbons (Fsp3) is 0.375. The number of carboxylic acid groups (broad SMARTS) is 1. The van der Waals surface area contributed by atoms with Crippen molar-refractivity contribution in [3.8, 4) is 22.5 Å². The van der Waals surface area contributed by atoms with Crippen molar-refractivity contribution in [1.82, 2.24) is 25.5 Å². The van der Waals surface area contributed by atoms with Crippen LogP contribution in [0.4, 0.5) is 0 Å². The third-order valence-corrected chi connectivity index (χ3v) is 5.46. The molecule has 3 rings (SSSR count). The minimum absolute atomic E-state index is 0.0881. The number of carbonyl (C=O) groups is 2. The van der Waals surface area contributed by atoms with Crippen molar-refractivity contribution in [2.45, 2.75) is 52.3 Å². The Kier molecular flexibility index (Phi) is 7.89. The van der Waals surface area contributed by atoms with Gasteiger partial charge in [-0.25, -0.2) is 9.89 Å². The average molecular weight is 452 g/mol. The number of aromatic amines is 1. The molecule has 0 saturated heterocycles. The van der Waals surface area contributed by atoms with Crippen LogP contribution in [0.1, 0.15) is 39.2 Å². The molecule has 0 aliphatic rings. The highest BCUT2D eigenvalue weighted by Crippen LogP contribution is 2.30. The van der Waals surface area contributed by atoms with Crippen molar-refractivity contribution in [2.24, 2.45) is 5.92 Å². The molecular formula is C24H29N5O4. The summed E-state index contributed by atoms with van der Waals surface area (Å²) < 4.78 is 0. The number of H-pyrrole nitrogens is 1. The van der Waals surface area contributed by atoms with Gasteiger partial charge < -0.3 is 15.1 Å². The van der Waals surface area contributed by atoms with E-state index >= 15 is 0 Å². The number of aromatic nitrogens is 4. The maximum Gasteiger partial charge on any atom is 0.326 e. The Labute approximate surface area is 192 Å². The molecule has 0 saturated carbocycles. The fourth-order valence-corrected chi connectivity index (χ4v) is 3.80. The molecule has 1 heterocycles. The number of aliphatic hydroxyl groups is 1. The Hall–Kier alpha value is -3.59. The van der Waals surface area contributed by atoms with E-state index in [0.717, 1.165) is 22.3 Å². The lowest BCUT2D eigenvalue weighted by Gasteiger charge is -2.32. The number of carboxylic acids is 1. The van der Waals surface area contributed by atoms with Crippen molar-refractivity contribution in [2.75, 3.05) is 0 Å². The lowest BCUT2D eigenvalue weighted by Crippen LogP contribution is -2.47. The Bertz CT molecular complexity index is 1060. The minimum Gasteiger partial charge on any atom is -0.480 e. The van der Waals surface area contributed by atoms with Crippen LogP contribution in [-0.2, 0) is 16.1 Å². The molecule has 3 N–H and O–H groups in total. The monoisotopic (exact) mass is 451 g/mol. The number of benzene rings is 2. The van der Waals surface area contributed by atoms with Crippen molar-refractivity contribution in [3.05, 3.63) is 54.1 Å². The zero-order valence-electron chi connectivity index (χ0n) is 19.0. The molecule has 0 bridgehead atoms. The molecule has 3 aromatic rings.